The van der Waals surface area contributed by atoms with Crippen LogP contribution >= 0.6 is 0 Å². The van der Waals surface area contributed by atoms with Crippen LogP contribution in [-0.4, -0.2) is 31.2 Å². The molecular formula is C21H29N3O3. The van der Waals surface area contributed by atoms with Gasteiger partial charge in [-0.25, -0.2) is 9.59 Å². The van der Waals surface area contributed by atoms with Gasteiger partial charge in [0.2, 0.25) is 0 Å². The molecule has 0 spiro atoms. The van der Waals surface area contributed by atoms with Crippen molar-refractivity contribution in [2.75, 3.05) is 13.2 Å². The van der Waals surface area contributed by atoms with Crippen molar-refractivity contribution in [1.29, 1.82) is 0 Å². The van der Waals surface area contributed by atoms with Crippen LogP contribution in [-0.2, 0) is 9.53 Å². The van der Waals surface area contributed by atoms with Gasteiger partial charge in [0.1, 0.15) is 0 Å². The zero-order valence-corrected chi connectivity index (χ0v) is 16.1. The van der Waals surface area contributed by atoms with Crippen molar-refractivity contribution in [3.8, 4) is 0 Å². The highest BCUT2D eigenvalue weighted by atomic mass is 16.5. The molecule has 3 N–H and O–H groups in total. The molecule has 27 heavy (non-hydrogen) atoms. The smallest absolute Gasteiger partial charge is 0.338 e. The summed E-state index contributed by atoms with van der Waals surface area (Å²) in [6, 6.07) is 7.46. The summed E-state index contributed by atoms with van der Waals surface area (Å²) in [5, 5.41) is 9.21. The van der Waals surface area contributed by atoms with E-state index in [1.54, 1.807) is 6.92 Å². The minimum atomic E-state index is -0.512. The number of ether oxygens (including phenoxy) is 1. The van der Waals surface area contributed by atoms with E-state index in [1.165, 1.54) is 19.3 Å². The van der Waals surface area contributed by atoms with Gasteiger partial charge in [-0.1, -0.05) is 49.1 Å². The van der Waals surface area contributed by atoms with E-state index in [0.717, 1.165) is 24.0 Å². The van der Waals surface area contributed by atoms with E-state index in [9.17, 15) is 9.59 Å². The van der Waals surface area contributed by atoms with Crippen LogP contribution in [0, 0.1) is 6.92 Å². The zero-order chi connectivity index (χ0) is 19.2. The second-order valence-electron chi connectivity index (χ2n) is 7.27. The molecule has 1 heterocycles. The Labute approximate surface area is 160 Å². The molecule has 1 atom stereocenters. The van der Waals surface area contributed by atoms with Gasteiger partial charge in [0.05, 0.1) is 18.2 Å². The number of hydrogen-bond donors (Lipinski definition) is 3. The number of hydrogen-bond acceptors (Lipinski definition) is 4. The number of rotatable bonds is 6. The van der Waals surface area contributed by atoms with Gasteiger partial charge in [-0.2, -0.15) is 0 Å². The van der Waals surface area contributed by atoms with Crippen molar-refractivity contribution in [3.63, 3.8) is 0 Å². The molecule has 0 aromatic heterocycles. The molecule has 1 aliphatic heterocycles. The number of esters is 1. The summed E-state index contributed by atoms with van der Waals surface area (Å²) in [6.07, 6.45) is 6.00. The standard InChI is InChI=1S/C21H29N3O3/c1-3-27-20(25)18-17(13-22-16-7-5-4-6-8-16)23-21(26)24-19(18)15-11-9-14(2)10-12-15/h9-12,16,19,22H,3-8,13H2,1-2H3,(H2,23,24,26). The number of aryl methyl sites for hydroxylation is 1. The average molecular weight is 371 g/mol. The minimum Gasteiger partial charge on any atom is -0.463 e. The van der Waals surface area contributed by atoms with Gasteiger partial charge in [-0.05, 0) is 32.3 Å². The van der Waals surface area contributed by atoms with E-state index in [0.29, 0.717) is 30.5 Å². The second-order valence-corrected chi connectivity index (χ2v) is 7.27. The highest BCUT2D eigenvalue weighted by Gasteiger charge is 2.33. The van der Waals surface area contributed by atoms with Crippen LogP contribution in [0.25, 0.3) is 0 Å². The molecule has 1 fully saturated rings. The Morgan fingerprint density at radius 3 is 2.56 bits per heavy atom. The molecular weight excluding hydrogens is 342 g/mol. The Morgan fingerprint density at radius 2 is 1.89 bits per heavy atom. The molecule has 2 amide bonds. The topological polar surface area (TPSA) is 79.5 Å². The maximum Gasteiger partial charge on any atom is 0.338 e. The van der Waals surface area contributed by atoms with E-state index in [2.05, 4.69) is 16.0 Å². The zero-order valence-electron chi connectivity index (χ0n) is 16.1. The Hall–Kier alpha value is -2.34. The van der Waals surface area contributed by atoms with Crippen LogP contribution in [0.4, 0.5) is 4.79 Å². The van der Waals surface area contributed by atoms with Crippen LogP contribution in [0.5, 0.6) is 0 Å². The average Bonchev–Trinajstić information content (AvgIpc) is 2.67. The molecule has 1 aromatic rings. The summed E-state index contributed by atoms with van der Waals surface area (Å²) < 4.78 is 5.30. The van der Waals surface area contributed by atoms with Crippen LogP contribution < -0.4 is 16.0 Å². The third-order valence-corrected chi connectivity index (χ3v) is 5.23. The predicted molar refractivity (Wildman–Crippen MR) is 104 cm³/mol. The molecule has 6 nitrogen and oxygen atoms in total. The summed E-state index contributed by atoms with van der Waals surface area (Å²) in [5.74, 6) is -0.393. The number of urea groups is 1. The quantitative estimate of drug-likeness (QED) is 0.672. The van der Waals surface area contributed by atoms with Crippen molar-refractivity contribution in [2.45, 2.75) is 58.0 Å². The molecule has 2 aliphatic rings. The highest BCUT2D eigenvalue weighted by Crippen LogP contribution is 2.28. The largest absolute Gasteiger partial charge is 0.463 e. The first kappa shape index (κ1) is 19.4. The molecule has 146 valence electrons. The predicted octanol–water partition coefficient (Wildman–Crippen LogP) is 3.09. The monoisotopic (exact) mass is 371 g/mol. The molecule has 1 unspecified atom stereocenters. The second kappa shape index (κ2) is 9.04. The molecule has 0 radical (unpaired) electrons. The Bertz CT molecular complexity index is 706. The fraction of sp³-hybridized carbons (Fsp3) is 0.524. The summed E-state index contributed by atoms with van der Waals surface area (Å²) in [4.78, 5) is 25.0. The van der Waals surface area contributed by atoms with E-state index >= 15 is 0 Å². The van der Waals surface area contributed by atoms with Crippen molar-refractivity contribution >= 4 is 12.0 Å². The molecule has 0 saturated heterocycles. The third-order valence-electron chi connectivity index (χ3n) is 5.23. The molecule has 1 aromatic carbocycles. The molecule has 1 aliphatic carbocycles. The van der Waals surface area contributed by atoms with Gasteiger partial charge < -0.3 is 20.7 Å². The number of carbonyl (C=O) groups excluding carboxylic acids is 2. The lowest BCUT2D eigenvalue weighted by Crippen LogP contribution is -2.49. The van der Waals surface area contributed by atoms with Crippen LogP contribution in [0.15, 0.2) is 35.5 Å². The van der Waals surface area contributed by atoms with Gasteiger partial charge >= 0.3 is 12.0 Å². The van der Waals surface area contributed by atoms with Gasteiger partial charge in [-0.15, -0.1) is 0 Å². The first-order valence-corrected chi connectivity index (χ1v) is 9.86. The van der Waals surface area contributed by atoms with E-state index in [-0.39, 0.29) is 6.03 Å². The SMILES string of the molecule is CCOC(=O)C1=C(CNC2CCCCC2)NC(=O)NC1c1ccc(C)cc1. The van der Waals surface area contributed by atoms with Gasteiger partial charge in [0.25, 0.3) is 0 Å². The van der Waals surface area contributed by atoms with Crippen LogP contribution in [0.2, 0.25) is 0 Å². The summed E-state index contributed by atoms with van der Waals surface area (Å²) in [7, 11) is 0. The summed E-state index contributed by atoms with van der Waals surface area (Å²) >= 11 is 0. The lowest BCUT2D eigenvalue weighted by molar-refractivity contribution is -0.139. The van der Waals surface area contributed by atoms with Crippen LogP contribution in [0.3, 0.4) is 0 Å². The van der Waals surface area contributed by atoms with Crippen LogP contribution in [0.1, 0.15) is 56.2 Å². The number of carbonyl (C=O) groups is 2. The Balaban J connectivity index is 1.88. The number of amides is 2. The Kier molecular flexibility index (Phi) is 6.50. The third kappa shape index (κ3) is 4.89. The molecule has 6 heteroatoms. The lowest BCUT2D eigenvalue weighted by Gasteiger charge is -2.31. The maximum atomic E-state index is 12.7. The fourth-order valence-electron chi connectivity index (χ4n) is 3.77. The first-order chi connectivity index (χ1) is 13.1. The fourth-order valence-corrected chi connectivity index (χ4v) is 3.77. The van der Waals surface area contributed by atoms with Gasteiger partial charge in [0, 0.05) is 18.3 Å². The number of benzene rings is 1. The maximum absolute atomic E-state index is 12.7. The van der Waals surface area contributed by atoms with E-state index in [1.807, 2.05) is 31.2 Å². The highest BCUT2D eigenvalue weighted by molar-refractivity contribution is 5.95. The summed E-state index contributed by atoms with van der Waals surface area (Å²) in [6.45, 7) is 4.54. The van der Waals surface area contributed by atoms with Crippen molar-refractivity contribution in [1.82, 2.24) is 16.0 Å². The lowest BCUT2D eigenvalue weighted by atomic mass is 9.93. The molecule has 0 bridgehead atoms. The van der Waals surface area contributed by atoms with Crippen molar-refractivity contribution in [2.24, 2.45) is 0 Å². The Morgan fingerprint density at radius 1 is 1.19 bits per heavy atom. The molecule has 1 saturated carbocycles. The van der Waals surface area contributed by atoms with Gasteiger partial charge in [-0.3, -0.25) is 0 Å². The van der Waals surface area contributed by atoms with Crippen molar-refractivity contribution in [3.05, 3.63) is 46.7 Å². The molecule has 3 rings (SSSR count). The van der Waals surface area contributed by atoms with Crippen molar-refractivity contribution < 1.29 is 14.3 Å². The number of nitrogens with one attached hydrogen (secondary N) is 3. The summed E-state index contributed by atoms with van der Waals surface area (Å²) in [5.41, 5.74) is 3.07. The first-order valence-electron chi connectivity index (χ1n) is 9.86. The van der Waals surface area contributed by atoms with E-state index in [4.69, 9.17) is 4.74 Å². The minimum absolute atomic E-state index is 0.292. The van der Waals surface area contributed by atoms with E-state index < -0.39 is 12.0 Å². The normalized spacial score (nSPS) is 20.8. The van der Waals surface area contributed by atoms with Gasteiger partial charge in [0.15, 0.2) is 0 Å².